The number of anilines is 1. The summed E-state index contributed by atoms with van der Waals surface area (Å²) in [7, 11) is 0. The van der Waals surface area contributed by atoms with Crippen LogP contribution < -0.4 is 10.6 Å². The number of halogens is 1. The molecule has 0 unspecified atom stereocenters. The topological polar surface area (TPSA) is 75.9 Å². The fourth-order valence-corrected chi connectivity index (χ4v) is 3.11. The molecule has 1 aliphatic rings. The number of rotatable bonds is 5. The zero-order valence-corrected chi connectivity index (χ0v) is 15.9. The molecule has 2 aromatic rings. The molecule has 0 aromatic heterocycles. The van der Waals surface area contributed by atoms with Gasteiger partial charge in [-0.1, -0.05) is 30.3 Å². The van der Waals surface area contributed by atoms with Crippen LogP contribution in [0.3, 0.4) is 0 Å². The Morgan fingerprint density at radius 1 is 1.14 bits per heavy atom. The second-order valence-corrected chi connectivity index (χ2v) is 6.75. The van der Waals surface area contributed by atoms with Crippen molar-refractivity contribution in [2.24, 2.45) is 5.73 Å². The van der Waals surface area contributed by atoms with Gasteiger partial charge < -0.3 is 15.4 Å². The second-order valence-electron chi connectivity index (χ2n) is 6.75. The van der Waals surface area contributed by atoms with E-state index >= 15 is 0 Å². The summed E-state index contributed by atoms with van der Waals surface area (Å²) in [6, 6.07) is 11.4. The zero-order chi connectivity index (χ0) is 20.1. The standard InChI is InChI=1S/C21H24FN3O3/c1-15-2-7-19(18(22)12-15)25(21(27)24-8-10-28-11-9-24)14-16-3-5-17(6-4-16)20(26)13-23/h2-7,12H,8-11,13-14,23H2,1H3. The van der Waals surface area contributed by atoms with E-state index in [1.165, 1.54) is 11.0 Å². The number of carbonyl (C=O) groups is 2. The van der Waals surface area contributed by atoms with Crippen LogP contribution in [0.5, 0.6) is 0 Å². The molecule has 1 aliphatic heterocycles. The number of hydrogen-bond acceptors (Lipinski definition) is 4. The lowest BCUT2D eigenvalue weighted by Gasteiger charge is -2.33. The highest BCUT2D eigenvalue weighted by Crippen LogP contribution is 2.24. The first-order valence-electron chi connectivity index (χ1n) is 9.22. The highest BCUT2D eigenvalue weighted by atomic mass is 19.1. The molecule has 0 radical (unpaired) electrons. The molecule has 0 bridgehead atoms. The lowest BCUT2D eigenvalue weighted by molar-refractivity contribution is 0.0547. The molecular formula is C21H24FN3O3. The summed E-state index contributed by atoms with van der Waals surface area (Å²) >= 11 is 0. The largest absolute Gasteiger partial charge is 0.378 e. The van der Waals surface area contributed by atoms with Crippen LogP contribution >= 0.6 is 0 Å². The monoisotopic (exact) mass is 385 g/mol. The van der Waals surface area contributed by atoms with Gasteiger partial charge in [-0.3, -0.25) is 9.69 Å². The third-order valence-corrected chi connectivity index (χ3v) is 4.71. The smallest absolute Gasteiger partial charge is 0.325 e. The highest BCUT2D eigenvalue weighted by molar-refractivity contribution is 5.97. The second kappa shape index (κ2) is 8.95. The molecule has 3 rings (SSSR count). The number of amides is 2. The van der Waals surface area contributed by atoms with Crippen LogP contribution in [0, 0.1) is 12.7 Å². The molecule has 7 heteroatoms. The van der Waals surface area contributed by atoms with E-state index in [1.54, 1.807) is 48.2 Å². The van der Waals surface area contributed by atoms with Crippen molar-refractivity contribution < 1.29 is 18.7 Å². The van der Waals surface area contributed by atoms with E-state index in [0.717, 1.165) is 11.1 Å². The number of morpholine rings is 1. The van der Waals surface area contributed by atoms with Crippen LogP contribution in [-0.4, -0.2) is 49.6 Å². The fourth-order valence-electron chi connectivity index (χ4n) is 3.11. The van der Waals surface area contributed by atoms with Gasteiger partial charge in [0.1, 0.15) is 5.82 Å². The van der Waals surface area contributed by atoms with E-state index in [-0.39, 0.29) is 30.6 Å². The van der Waals surface area contributed by atoms with Crippen molar-refractivity contribution in [3.8, 4) is 0 Å². The molecule has 6 nitrogen and oxygen atoms in total. The first-order valence-corrected chi connectivity index (χ1v) is 9.22. The van der Waals surface area contributed by atoms with E-state index in [2.05, 4.69) is 0 Å². The van der Waals surface area contributed by atoms with Crippen LogP contribution in [0.4, 0.5) is 14.9 Å². The molecule has 0 atom stereocenters. The van der Waals surface area contributed by atoms with E-state index < -0.39 is 5.82 Å². The summed E-state index contributed by atoms with van der Waals surface area (Å²) in [6.45, 7) is 3.79. The highest BCUT2D eigenvalue weighted by Gasteiger charge is 2.26. The van der Waals surface area contributed by atoms with E-state index in [9.17, 15) is 14.0 Å². The summed E-state index contributed by atoms with van der Waals surface area (Å²) in [4.78, 5) is 27.9. The molecule has 148 valence electrons. The maximum absolute atomic E-state index is 14.7. The molecule has 2 amide bonds. The lowest BCUT2D eigenvalue weighted by Crippen LogP contribution is -2.48. The minimum absolute atomic E-state index is 0.0600. The maximum atomic E-state index is 14.7. The molecule has 0 saturated carbocycles. The van der Waals surface area contributed by atoms with Crippen molar-refractivity contribution in [3.63, 3.8) is 0 Å². The van der Waals surface area contributed by atoms with E-state index in [1.807, 2.05) is 0 Å². The molecule has 28 heavy (non-hydrogen) atoms. The number of aryl methyl sites for hydroxylation is 1. The molecule has 2 aromatic carbocycles. The first-order chi connectivity index (χ1) is 13.5. The number of ether oxygens (including phenoxy) is 1. The third kappa shape index (κ3) is 4.55. The van der Waals surface area contributed by atoms with Gasteiger partial charge in [0.25, 0.3) is 0 Å². The number of benzene rings is 2. The van der Waals surface area contributed by atoms with Crippen molar-refractivity contribution in [2.75, 3.05) is 37.7 Å². The van der Waals surface area contributed by atoms with E-state index in [4.69, 9.17) is 10.5 Å². The molecule has 2 N–H and O–H groups in total. The van der Waals surface area contributed by atoms with Crippen molar-refractivity contribution in [1.82, 2.24) is 4.90 Å². The molecule has 1 heterocycles. The maximum Gasteiger partial charge on any atom is 0.325 e. The van der Waals surface area contributed by atoms with Crippen molar-refractivity contribution in [2.45, 2.75) is 13.5 Å². The van der Waals surface area contributed by atoms with Gasteiger partial charge in [0.2, 0.25) is 0 Å². The molecule has 1 saturated heterocycles. The van der Waals surface area contributed by atoms with Crippen molar-refractivity contribution in [3.05, 3.63) is 65.0 Å². The number of Topliss-reactive ketones (excluding diaryl/α,β-unsaturated/α-hetero) is 1. The Bertz CT molecular complexity index is 848. The van der Waals surface area contributed by atoms with Gasteiger partial charge in [0, 0.05) is 18.7 Å². The predicted molar refractivity (Wildman–Crippen MR) is 105 cm³/mol. The summed E-state index contributed by atoms with van der Waals surface area (Å²) in [6.07, 6.45) is 0. The zero-order valence-electron chi connectivity index (χ0n) is 15.9. The number of ketones is 1. The molecule has 1 fully saturated rings. The first kappa shape index (κ1) is 20.0. The van der Waals surface area contributed by atoms with Gasteiger partial charge in [-0.25, -0.2) is 9.18 Å². The summed E-state index contributed by atoms with van der Waals surface area (Å²) in [5, 5.41) is 0. The van der Waals surface area contributed by atoms with E-state index in [0.29, 0.717) is 31.9 Å². The Morgan fingerprint density at radius 2 is 1.82 bits per heavy atom. The summed E-state index contributed by atoms with van der Waals surface area (Å²) < 4.78 is 20.0. The minimum atomic E-state index is -0.448. The normalized spacial score (nSPS) is 14.0. The minimum Gasteiger partial charge on any atom is -0.378 e. The van der Waals surface area contributed by atoms with Crippen LogP contribution in [0.1, 0.15) is 21.5 Å². The number of nitrogens with two attached hydrogens (primary N) is 1. The Balaban J connectivity index is 1.89. The van der Waals surface area contributed by atoms with Gasteiger partial charge in [-0.2, -0.15) is 0 Å². The number of hydrogen-bond donors (Lipinski definition) is 1. The predicted octanol–water partition coefficient (Wildman–Crippen LogP) is 2.73. The van der Waals surface area contributed by atoms with Crippen molar-refractivity contribution in [1.29, 1.82) is 0 Å². The summed E-state index contributed by atoms with van der Waals surface area (Å²) in [5.74, 6) is -0.603. The Labute approximate surface area is 163 Å². The molecule has 0 aliphatic carbocycles. The average molecular weight is 385 g/mol. The quantitative estimate of drug-likeness (QED) is 0.803. The van der Waals surface area contributed by atoms with Crippen LogP contribution in [0.25, 0.3) is 0 Å². The van der Waals surface area contributed by atoms with Gasteiger partial charge in [0.05, 0.1) is 32.0 Å². The molecule has 0 spiro atoms. The SMILES string of the molecule is Cc1ccc(N(Cc2ccc(C(=O)CN)cc2)C(=O)N2CCOCC2)c(F)c1. The number of nitrogens with zero attached hydrogens (tertiary/aromatic N) is 2. The van der Waals surface area contributed by atoms with Gasteiger partial charge in [-0.15, -0.1) is 0 Å². The Morgan fingerprint density at radius 3 is 2.43 bits per heavy atom. The van der Waals surface area contributed by atoms with Crippen LogP contribution in [-0.2, 0) is 11.3 Å². The third-order valence-electron chi connectivity index (χ3n) is 4.71. The summed E-state index contributed by atoms with van der Waals surface area (Å²) in [5.41, 5.74) is 7.70. The van der Waals surface area contributed by atoms with Crippen molar-refractivity contribution >= 4 is 17.5 Å². The van der Waals surface area contributed by atoms with Crippen LogP contribution in [0.2, 0.25) is 0 Å². The Kier molecular flexibility index (Phi) is 6.38. The Hall–Kier alpha value is -2.77. The van der Waals surface area contributed by atoms with Crippen LogP contribution in [0.15, 0.2) is 42.5 Å². The molecular weight excluding hydrogens is 361 g/mol. The number of urea groups is 1. The van der Waals surface area contributed by atoms with Gasteiger partial charge in [0.15, 0.2) is 5.78 Å². The number of carbonyl (C=O) groups excluding carboxylic acids is 2. The average Bonchev–Trinajstić information content (AvgIpc) is 2.72. The van der Waals surface area contributed by atoms with Gasteiger partial charge >= 0.3 is 6.03 Å². The fraction of sp³-hybridized carbons (Fsp3) is 0.333. The lowest BCUT2D eigenvalue weighted by atomic mass is 10.1. The van der Waals surface area contributed by atoms with Gasteiger partial charge in [-0.05, 0) is 30.2 Å².